The van der Waals surface area contributed by atoms with Crippen LogP contribution in [0.2, 0.25) is 0 Å². The molecule has 108 valence electrons. The van der Waals surface area contributed by atoms with Gasteiger partial charge in [0.1, 0.15) is 11.0 Å². The Balaban J connectivity index is 2.44. The molecule has 1 N–H and O–H groups in total. The van der Waals surface area contributed by atoms with E-state index in [-0.39, 0.29) is 18.9 Å². The standard InChI is InChI=1S/C13H21NO5/c1-5-18-10(16)13(6-7-13)9(15)8-14-11(17)19-12(2,3)4/h5-8H2,1-4H3,(H,14,17). The van der Waals surface area contributed by atoms with Crippen LogP contribution in [0.1, 0.15) is 40.5 Å². The van der Waals surface area contributed by atoms with E-state index in [0.29, 0.717) is 12.8 Å². The number of hydrogen-bond donors (Lipinski definition) is 1. The normalized spacial score (nSPS) is 16.4. The second-order valence-corrected chi connectivity index (χ2v) is 5.58. The van der Waals surface area contributed by atoms with E-state index >= 15 is 0 Å². The Labute approximate surface area is 112 Å². The number of nitrogens with one attached hydrogen (secondary N) is 1. The minimum atomic E-state index is -1.04. The van der Waals surface area contributed by atoms with Gasteiger partial charge in [0.15, 0.2) is 5.78 Å². The van der Waals surface area contributed by atoms with Gasteiger partial charge in [-0.1, -0.05) is 0 Å². The largest absolute Gasteiger partial charge is 0.465 e. The van der Waals surface area contributed by atoms with Crippen LogP contribution in [0.25, 0.3) is 0 Å². The lowest BCUT2D eigenvalue weighted by Gasteiger charge is -2.20. The fraction of sp³-hybridized carbons (Fsp3) is 0.769. The van der Waals surface area contributed by atoms with Crippen LogP contribution in [0.15, 0.2) is 0 Å². The first-order valence-electron chi connectivity index (χ1n) is 6.38. The second-order valence-electron chi connectivity index (χ2n) is 5.58. The fourth-order valence-corrected chi connectivity index (χ4v) is 1.63. The molecule has 0 saturated heterocycles. The molecule has 6 nitrogen and oxygen atoms in total. The number of alkyl carbamates (subject to hydrolysis) is 1. The Morgan fingerprint density at radius 1 is 1.21 bits per heavy atom. The van der Waals surface area contributed by atoms with Gasteiger partial charge in [-0.25, -0.2) is 4.79 Å². The molecule has 1 amide bonds. The van der Waals surface area contributed by atoms with Crippen LogP contribution in [0.5, 0.6) is 0 Å². The zero-order valence-electron chi connectivity index (χ0n) is 11.9. The minimum Gasteiger partial charge on any atom is -0.465 e. The summed E-state index contributed by atoms with van der Waals surface area (Å²) < 4.78 is 9.88. The van der Waals surface area contributed by atoms with Crippen molar-refractivity contribution in [2.75, 3.05) is 13.2 Å². The van der Waals surface area contributed by atoms with Gasteiger partial charge >= 0.3 is 12.1 Å². The van der Waals surface area contributed by atoms with Gasteiger partial charge in [0.25, 0.3) is 0 Å². The number of ether oxygens (including phenoxy) is 2. The van der Waals surface area contributed by atoms with E-state index in [9.17, 15) is 14.4 Å². The fourth-order valence-electron chi connectivity index (χ4n) is 1.63. The molecule has 1 aliphatic rings. The quantitative estimate of drug-likeness (QED) is 0.604. The monoisotopic (exact) mass is 271 g/mol. The van der Waals surface area contributed by atoms with Crippen molar-refractivity contribution in [2.24, 2.45) is 5.41 Å². The summed E-state index contributed by atoms with van der Waals surface area (Å²) in [5, 5.41) is 2.36. The highest BCUT2D eigenvalue weighted by molar-refractivity contribution is 6.08. The predicted octanol–water partition coefficient (Wildman–Crippen LogP) is 1.42. The summed E-state index contributed by atoms with van der Waals surface area (Å²) in [6, 6.07) is 0. The molecule has 0 atom stereocenters. The molecule has 6 heteroatoms. The number of carbonyl (C=O) groups is 3. The van der Waals surface area contributed by atoms with E-state index in [0.717, 1.165) is 0 Å². The van der Waals surface area contributed by atoms with E-state index in [2.05, 4.69) is 5.32 Å². The molecule has 0 aromatic rings. The lowest BCUT2D eigenvalue weighted by Crippen LogP contribution is -2.40. The van der Waals surface area contributed by atoms with E-state index in [1.165, 1.54) is 0 Å². The molecule has 19 heavy (non-hydrogen) atoms. The maximum atomic E-state index is 11.9. The Kier molecular flexibility index (Phi) is 4.55. The second kappa shape index (κ2) is 5.59. The van der Waals surface area contributed by atoms with E-state index in [4.69, 9.17) is 9.47 Å². The van der Waals surface area contributed by atoms with Crippen molar-refractivity contribution in [1.82, 2.24) is 5.32 Å². The first-order valence-corrected chi connectivity index (χ1v) is 6.38. The molecule has 1 aliphatic carbocycles. The predicted molar refractivity (Wildman–Crippen MR) is 67.5 cm³/mol. The van der Waals surface area contributed by atoms with Crippen LogP contribution in [0.3, 0.4) is 0 Å². The first-order chi connectivity index (χ1) is 8.71. The van der Waals surface area contributed by atoms with E-state index in [1.54, 1.807) is 27.7 Å². The van der Waals surface area contributed by atoms with Crippen LogP contribution in [0, 0.1) is 5.41 Å². The first kappa shape index (κ1) is 15.5. The van der Waals surface area contributed by atoms with Crippen molar-refractivity contribution in [1.29, 1.82) is 0 Å². The SMILES string of the molecule is CCOC(=O)C1(C(=O)CNC(=O)OC(C)(C)C)CC1. The summed E-state index contributed by atoms with van der Waals surface area (Å²) in [6.45, 7) is 6.92. The number of esters is 1. The summed E-state index contributed by atoms with van der Waals surface area (Å²) in [5.74, 6) is -0.817. The van der Waals surface area contributed by atoms with Crippen LogP contribution < -0.4 is 5.32 Å². The van der Waals surface area contributed by atoms with Gasteiger partial charge in [0.2, 0.25) is 0 Å². The van der Waals surface area contributed by atoms with E-state index in [1.807, 2.05) is 0 Å². The van der Waals surface area contributed by atoms with Crippen LogP contribution in [-0.4, -0.2) is 36.6 Å². The molecule has 0 spiro atoms. The summed E-state index contributed by atoms with van der Waals surface area (Å²) in [5.41, 5.74) is -1.66. The summed E-state index contributed by atoms with van der Waals surface area (Å²) in [4.78, 5) is 35.0. The topological polar surface area (TPSA) is 81.7 Å². The summed E-state index contributed by atoms with van der Waals surface area (Å²) in [7, 11) is 0. The molecule has 0 bridgehead atoms. The molecule has 0 aliphatic heterocycles. The van der Waals surface area contributed by atoms with Gasteiger partial charge in [-0.15, -0.1) is 0 Å². The number of amides is 1. The third-order valence-electron chi connectivity index (χ3n) is 2.74. The summed E-state index contributed by atoms with van der Waals surface area (Å²) >= 11 is 0. The highest BCUT2D eigenvalue weighted by Gasteiger charge is 2.57. The number of rotatable bonds is 5. The van der Waals surface area contributed by atoms with Crippen LogP contribution >= 0.6 is 0 Å². The highest BCUT2D eigenvalue weighted by Crippen LogP contribution is 2.47. The van der Waals surface area contributed by atoms with Crippen molar-refractivity contribution in [3.05, 3.63) is 0 Å². The van der Waals surface area contributed by atoms with Gasteiger partial charge in [0, 0.05) is 0 Å². The molecule has 0 unspecified atom stereocenters. The Bertz CT molecular complexity index is 379. The molecular formula is C13H21NO5. The smallest absolute Gasteiger partial charge is 0.408 e. The zero-order valence-corrected chi connectivity index (χ0v) is 11.9. The van der Waals surface area contributed by atoms with Crippen LogP contribution in [0.4, 0.5) is 4.79 Å². The Morgan fingerprint density at radius 2 is 1.79 bits per heavy atom. The zero-order chi connectivity index (χ0) is 14.7. The van der Waals surface area contributed by atoms with Crippen molar-refractivity contribution in [3.63, 3.8) is 0 Å². The number of Topliss-reactive ketones (excluding diaryl/α,β-unsaturated/α-hetero) is 1. The molecule has 0 radical (unpaired) electrons. The molecule has 0 aromatic heterocycles. The lowest BCUT2D eigenvalue weighted by molar-refractivity contribution is -0.153. The minimum absolute atomic E-state index is 0.215. The van der Waals surface area contributed by atoms with Gasteiger partial charge in [0.05, 0.1) is 13.2 Å². The van der Waals surface area contributed by atoms with Gasteiger partial charge < -0.3 is 14.8 Å². The maximum absolute atomic E-state index is 11.9. The van der Waals surface area contributed by atoms with Crippen molar-refractivity contribution >= 4 is 17.8 Å². The number of ketones is 1. The van der Waals surface area contributed by atoms with Gasteiger partial charge in [-0.3, -0.25) is 9.59 Å². The number of hydrogen-bond acceptors (Lipinski definition) is 5. The third kappa shape index (κ3) is 4.22. The summed E-state index contributed by atoms with van der Waals surface area (Å²) in [6.07, 6.45) is 0.307. The highest BCUT2D eigenvalue weighted by atomic mass is 16.6. The van der Waals surface area contributed by atoms with E-state index < -0.39 is 23.1 Å². The van der Waals surface area contributed by atoms with Crippen LogP contribution in [-0.2, 0) is 19.1 Å². The molecule has 1 fully saturated rings. The van der Waals surface area contributed by atoms with Crippen molar-refractivity contribution in [3.8, 4) is 0 Å². The van der Waals surface area contributed by atoms with Crippen molar-refractivity contribution in [2.45, 2.75) is 46.1 Å². The third-order valence-corrected chi connectivity index (χ3v) is 2.74. The van der Waals surface area contributed by atoms with Crippen molar-refractivity contribution < 1.29 is 23.9 Å². The molecule has 1 rings (SSSR count). The van der Waals surface area contributed by atoms with Gasteiger partial charge in [-0.2, -0.15) is 0 Å². The average molecular weight is 271 g/mol. The molecule has 0 heterocycles. The maximum Gasteiger partial charge on any atom is 0.408 e. The molecule has 0 aromatic carbocycles. The van der Waals surface area contributed by atoms with Gasteiger partial charge in [-0.05, 0) is 40.5 Å². The average Bonchev–Trinajstić information content (AvgIpc) is 3.05. The Hall–Kier alpha value is -1.59. The number of carbonyl (C=O) groups excluding carboxylic acids is 3. The Morgan fingerprint density at radius 3 is 2.21 bits per heavy atom. The lowest BCUT2D eigenvalue weighted by atomic mass is 10.0. The molecular weight excluding hydrogens is 250 g/mol. The molecule has 1 saturated carbocycles.